The number of hydrogen-bond donors (Lipinski definition) is 1. The second-order valence-corrected chi connectivity index (χ2v) is 6.45. The third-order valence-corrected chi connectivity index (χ3v) is 4.63. The van der Waals surface area contributed by atoms with Crippen molar-refractivity contribution in [3.05, 3.63) is 54.9 Å². The van der Waals surface area contributed by atoms with E-state index in [2.05, 4.69) is 15.2 Å². The van der Waals surface area contributed by atoms with Crippen molar-refractivity contribution in [1.82, 2.24) is 10.3 Å². The van der Waals surface area contributed by atoms with Crippen LogP contribution >= 0.6 is 0 Å². The number of carbonyl (C=O) groups excluding carboxylic acids is 1. The molecule has 1 aromatic carbocycles. The molecule has 0 spiro atoms. The normalized spacial score (nSPS) is 16.3. The maximum atomic E-state index is 12.2. The highest BCUT2D eigenvalue weighted by atomic mass is 16.5. The topological polar surface area (TPSA) is 54.5 Å². The Morgan fingerprint density at radius 1 is 1.20 bits per heavy atom. The lowest BCUT2D eigenvalue weighted by atomic mass is 9.96. The van der Waals surface area contributed by atoms with E-state index in [1.54, 1.807) is 6.92 Å². The lowest BCUT2D eigenvalue weighted by Crippen LogP contribution is -2.42. The van der Waals surface area contributed by atoms with Crippen molar-refractivity contribution in [2.24, 2.45) is 5.92 Å². The number of ether oxygens (including phenoxy) is 1. The molecule has 1 amide bonds. The third-order valence-electron chi connectivity index (χ3n) is 4.63. The van der Waals surface area contributed by atoms with Crippen molar-refractivity contribution in [2.45, 2.75) is 25.9 Å². The number of carbonyl (C=O) groups is 1. The Balaban J connectivity index is 1.40. The maximum Gasteiger partial charge on any atom is 0.260 e. The molecule has 1 aliphatic heterocycles. The van der Waals surface area contributed by atoms with Crippen LogP contribution in [0.25, 0.3) is 0 Å². The van der Waals surface area contributed by atoms with Crippen LogP contribution in [0.15, 0.2) is 54.9 Å². The maximum absolute atomic E-state index is 12.2. The lowest BCUT2D eigenvalue weighted by Gasteiger charge is -2.33. The van der Waals surface area contributed by atoms with Crippen LogP contribution in [0, 0.1) is 5.92 Å². The molecule has 1 saturated heterocycles. The molecule has 0 unspecified atom stereocenters. The van der Waals surface area contributed by atoms with Gasteiger partial charge in [-0.2, -0.15) is 0 Å². The highest BCUT2D eigenvalue weighted by Crippen LogP contribution is 2.22. The first-order valence-electron chi connectivity index (χ1n) is 8.87. The summed E-state index contributed by atoms with van der Waals surface area (Å²) in [5.74, 6) is 1.18. The number of piperidine rings is 1. The molecule has 1 aliphatic rings. The predicted molar refractivity (Wildman–Crippen MR) is 98.7 cm³/mol. The first-order valence-corrected chi connectivity index (χ1v) is 8.87. The number of nitrogens with zero attached hydrogens (tertiary/aromatic N) is 2. The van der Waals surface area contributed by atoms with Crippen LogP contribution in [0.1, 0.15) is 19.8 Å². The Morgan fingerprint density at radius 3 is 2.56 bits per heavy atom. The number of pyridine rings is 1. The van der Waals surface area contributed by atoms with Crippen LogP contribution in [0.2, 0.25) is 0 Å². The zero-order chi connectivity index (χ0) is 17.5. The molecule has 3 rings (SSSR count). The summed E-state index contributed by atoms with van der Waals surface area (Å²) in [6, 6.07) is 13.5. The Bertz CT molecular complexity index is 655. The summed E-state index contributed by atoms with van der Waals surface area (Å²) < 4.78 is 5.66. The summed E-state index contributed by atoms with van der Waals surface area (Å²) in [6.07, 6.45) is 5.33. The number of anilines is 1. The fourth-order valence-corrected chi connectivity index (χ4v) is 3.10. The van der Waals surface area contributed by atoms with E-state index in [-0.39, 0.29) is 5.91 Å². The monoisotopic (exact) mass is 339 g/mol. The van der Waals surface area contributed by atoms with Gasteiger partial charge in [-0.25, -0.2) is 0 Å². The van der Waals surface area contributed by atoms with E-state index in [0.717, 1.165) is 31.7 Å². The highest BCUT2D eigenvalue weighted by molar-refractivity contribution is 5.80. The van der Waals surface area contributed by atoms with Gasteiger partial charge in [-0.15, -0.1) is 0 Å². The summed E-state index contributed by atoms with van der Waals surface area (Å²) in [4.78, 5) is 18.7. The molecule has 25 heavy (non-hydrogen) atoms. The van der Waals surface area contributed by atoms with Crippen molar-refractivity contribution in [3.8, 4) is 5.75 Å². The minimum Gasteiger partial charge on any atom is -0.481 e. The second kappa shape index (κ2) is 8.51. The van der Waals surface area contributed by atoms with Crippen LogP contribution in [-0.2, 0) is 4.79 Å². The molecule has 1 atom stereocenters. The third kappa shape index (κ3) is 4.95. The van der Waals surface area contributed by atoms with E-state index in [9.17, 15) is 4.79 Å². The predicted octanol–water partition coefficient (Wildman–Crippen LogP) is 2.88. The van der Waals surface area contributed by atoms with Gasteiger partial charge in [-0.1, -0.05) is 18.2 Å². The quantitative estimate of drug-likeness (QED) is 0.879. The number of nitrogens with one attached hydrogen (secondary N) is 1. The Kier molecular flexibility index (Phi) is 5.88. The Hall–Kier alpha value is -2.56. The van der Waals surface area contributed by atoms with Gasteiger partial charge in [0.25, 0.3) is 5.91 Å². The molecular weight excluding hydrogens is 314 g/mol. The van der Waals surface area contributed by atoms with E-state index in [0.29, 0.717) is 12.5 Å². The fourth-order valence-electron chi connectivity index (χ4n) is 3.10. The summed E-state index contributed by atoms with van der Waals surface area (Å²) >= 11 is 0. The number of para-hydroxylation sites is 1. The van der Waals surface area contributed by atoms with Crippen LogP contribution < -0.4 is 15.0 Å². The van der Waals surface area contributed by atoms with Gasteiger partial charge in [0.05, 0.1) is 0 Å². The van der Waals surface area contributed by atoms with Crippen LogP contribution in [0.5, 0.6) is 5.75 Å². The van der Waals surface area contributed by atoms with Gasteiger partial charge in [0.15, 0.2) is 6.10 Å². The molecule has 5 nitrogen and oxygen atoms in total. The van der Waals surface area contributed by atoms with Crippen molar-refractivity contribution >= 4 is 11.6 Å². The largest absolute Gasteiger partial charge is 0.481 e. The van der Waals surface area contributed by atoms with Gasteiger partial charge in [0.2, 0.25) is 0 Å². The van der Waals surface area contributed by atoms with E-state index in [1.165, 1.54) is 5.69 Å². The Morgan fingerprint density at radius 2 is 1.88 bits per heavy atom. The number of amides is 1. The molecule has 1 aromatic heterocycles. The molecule has 1 N–H and O–H groups in total. The lowest BCUT2D eigenvalue weighted by molar-refractivity contribution is -0.127. The minimum atomic E-state index is -0.487. The van der Waals surface area contributed by atoms with Gasteiger partial charge in [0.1, 0.15) is 5.75 Å². The first-order chi connectivity index (χ1) is 12.2. The summed E-state index contributed by atoms with van der Waals surface area (Å²) in [7, 11) is 0. The summed E-state index contributed by atoms with van der Waals surface area (Å²) in [5.41, 5.74) is 1.22. The fraction of sp³-hybridized carbons (Fsp3) is 0.400. The van der Waals surface area contributed by atoms with Gasteiger partial charge in [0, 0.05) is 37.7 Å². The number of aromatic nitrogens is 1. The van der Waals surface area contributed by atoms with E-state index >= 15 is 0 Å². The van der Waals surface area contributed by atoms with Crippen molar-refractivity contribution in [1.29, 1.82) is 0 Å². The number of benzene rings is 1. The molecule has 2 heterocycles. The SMILES string of the molecule is C[C@@H](Oc1ccccc1)C(=O)NCC1CCN(c2ccncc2)CC1. The van der Waals surface area contributed by atoms with Crippen LogP contribution in [-0.4, -0.2) is 36.6 Å². The van der Waals surface area contributed by atoms with E-state index in [4.69, 9.17) is 4.74 Å². The average molecular weight is 339 g/mol. The van der Waals surface area contributed by atoms with Gasteiger partial charge >= 0.3 is 0 Å². The average Bonchev–Trinajstić information content (AvgIpc) is 2.68. The molecule has 0 radical (unpaired) electrons. The zero-order valence-electron chi connectivity index (χ0n) is 14.6. The summed E-state index contributed by atoms with van der Waals surface area (Å²) in [6.45, 7) is 4.53. The number of rotatable bonds is 6. The van der Waals surface area contributed by atoms with Gasteiger partial charge in [-0.05, 0) is 49.9 Å². The molecule has 0 bridgehead atoms. The molecule has 5 heteroatoms. The molecule has 1 fully saturated rings. The van der Waals surface area contributed by atoms with Crippen molar-refractivity contribution < 1.29 is 9.53 Å². The van der Waals surface area contributed by atoms with E-state index < -0.39 is 6.10 Å². The molecular formula is C20H25N3O2. The van der Waals surface area contributed by atoms with Crippen LogP contribution in [0.4, 0.5) is 5.69 Å². The Labute approximate surface area is 149 Å². The van der Waals surface area contributed by atoms with Crippen LogP contribution in [0.3, 0.4) is 0 Å². The smallest absolute Gasteiger partial charge is 0.260 e. The molecule has 0 aliphatic carbocycles. The molecule has 0 saturated carbocycles. The number of hydrogen-bond acceptors (Lipinski definition) is 4. The van der Waals surface area contributed by atoms with Crippen molar-refractivity contribution in [2.75, 3.05) is 24.5 Å². The van der Waals surface area contributed by atoms with Crippen molar-refractivity contribution in [3.63, 3.8) is 0 Å². The minimum absolute atomic E-state index is 0.0552. The first kappa shape index (κ1) is 17.3. The molecule has 2 aromatic rings. The highest BCUT2D eigenvalue weighted by Gasteiger charge is 2.21. The van der Waals surface area contributed by atoms with Gasteiger partial charge in [-0.3, -0.25) is 9.78 Å². The standard InChI is InChI=1S/C20H25N3O2/c1-16(25-19-5-3-2-4-6-19)20(24)22-15-17-9-13-23(14-10-17)18-7-11-21-12-8-18/h2-8,11-12,16-17H,9-10,13-15H2,1H3,(H,22,24)/t16-/m1/s1. The zero-order valence-corrected chi connectivity index (χ0v) is 14.6. The second-order valence-electron chi connectivity index (χ2n) is 6.45. The van der Waals surface area contributed by atoms with Gasteiger partial charge < -0.3 is 15.0 Å². The van der Waals surface area contributed by atoms with E-state index in [1.807, 2.05) is 54.9 Å². The summed E-state index contributed by atoms with van der Waals surface area (Å²) in [5, 5.41) is 3.03. The molecule has 132 valence electrons.